The Morgan fingerprint density at radius 2 is 1.90 bits per heavy atom. The van der Waals surface area contributed by atoms with Gasteiger partial charge in [0.1, 0.15) is 0 Å². The number of sulfonamides is 1. The molecule has 1 saturated carbocycles. The van der Waals surface area contributed by atoms with Gasteiger partial charge >= 0.3 is 0 Å². The molecule has 0 bridgehead atoms. The van der Waals surface area contributed by atoms with Crippen LogP contribution in [0.5, 0.6) is 0 Å². The molecule has 1 fully saturated rings. The Morgan fingerprint density at radius 1 is 1.17 bits per heavy atom. The molecule has 0 unspecified atom stereocenters. The quantitative estimate of drug-likeness (QED) is 0.591. The second-order valence-corrected chi connectivity index (χ2v) is 10.4. The second-order valence-electron chi connectivity index (χ2n) is 7.44. The van der Waals surface area contributed by atoms with E-state index in [1.807, 2.05) is 17.5 Å². The van der Waals surface area contributed by atoms with E-state index >= 15 is 0 Å². The predicted molar refractivity (Wildman–Crippen MR) is 118 cm³/mol. The largest absolute Gasteiger partial charge is 0.305 e. The fourth-order valence-corrected chi connectivity index (χ4v) is 5.83. The van der Waals surface area contributed by atoms with Crippen molar-refractivity contribution in [3.8, 4) is 10.6 Å². The van der Waals surface area contributed by atoms with Gasteiger partial charge in [-0.2, -0.15) is 9.40 Å². The van der Waals surface area contributed by atoms with Crippen LogP contribution >= 0.6 is 11.3 Å². The number of nitrogens with one attached hydrogen (secondary N) is 2. The maximum Gasteiger partial charge on any atom is 0.256 e. The molecule has 1 aliphatic rings. The fourth-order valence-electron chi connectivity index (χ4n) is 3.72. The standard InChI is InChI=1S/C21H24N4O3S2/c1-25(16-6-3-2-4-7-16)30(27,28)17-11-9-15(10-12-17)21(26)22-20-14-18(23-24-20)19-8-5-13-29-19/h5,8-14,16H,2-4,6-7H2,1H3,(H2,22,23,24,26). The third-order valence-electron chi connectivity index (χ3n) is 5.49. The molecular formula is C21H24N4O3S2. The number of hydrogen-bond acceptors (Lipinski definition) is 5. The lowest BCUT2D eigenvalue weighted by molar-refractivity contribution is 0.102. The van der Waals surface area contributed by atoms with Gasteiger partial charge in [-0.15, -0.1) is 11.3 Å². The molecule has 0 spiro atoms. The van der Waals surface area contributed by atoms with Crippen LogP contribution in [0.15, 0.2) is 52.7 Å². The van der Waals surface area contributed by atoms with Gasteiger partial charge in [0.15, 0.2) is 5.82 Å². The van der Waals surface area contributed by atoms with Crippen molar-refractivity contribution in [3.05, 3.63) is 53.4 Å². The summed E-state index contributed by atoms with van der Waals surface area (Å²) in [7, 11) is -1.93. The van der Waals surface area contributed by atoms with Crippen LogP contribution in [0.2, 0.25) is 0 Å². The van der Waals surface area contributed by atoms with Crippen molar-refractivity contribution < 1.29 is 13.2 Å². The summed E-state index contributed by atoms with van der Waals surface area (Å²) in [6, 6.07) is 11.8. The van der Waals surface area contributed by atoms with Crippen molar-refractivity contribution in [1.29, 1.82) is 0 Å². The molecule has 0 saturated heterocycles. The van der Waals surface area contributed by atoms with Gasteiger partial charge in [0, 0.05) is 24.7 Å². The van der Waals surface area contributed by atoms with E-state index in [1.165, 1.54) is 35.0 Å². The van der Waals surface area contributed by atoms with Gasteiger partial charge < -0.3 is 5.32 Å². The van der Waals surface area contributed by atoms with Gasteiger partial charge in [-0.1, -0.05) is 25.3 Å². The van der Waals surface area contributed by atoms with Crippen molar-refractivity contribution in [3.63, 3.8) is 0 Å². The number of carbonyl (C=O) groups excluding carboxylic acids is 1. The summed E-state index contributed by atoms with van der Waals surface area (Å²) < 4.78 is 27.3. The Kier molecular flexibility index (Phi) is 6.03. The third-order valence-corrected chi connectivity index (χ3v) is 8.32. The van der Waals surface area contributed by atoms with Crippen LogP contribution in [0.1, 0.15) is 42.5 Å². The lowest BCUT2D eigenvalue weighted by Crippen LogP contribution is -2.38. The SMILES string of the molecule is CN(C1CCCCC1)S(=O)(=O)c1ccc(C(=O)Nc2cc(-c3cccs3)[nH]n2)cc1. The third kappa shape index (κ3) is 4.33. The summed E-state index contributed by atoms with van der Waals surface area (Å²) in [4.78, 5) is 13.8. The molecule has 4 rings (SSSR count). The van der Waals surface area contributed by atoms with Crippen LogP contribution in [0.25, 0.3) is 10.6 Å². The molecule has 3 aromatic rings. The molecule has 158 valence electrons. The van der Waals surface area contributed by atoms with E-state index in [1.54, 1.807) is 24.5 Å². The number of amides is 1. The number of benzene rings is 1. The number of hydrogen-bond donors (Lipinski definition) is 2. The summed E-state index contributed by atoms with van der Waals surface area (Å²) in [6.07, 6.45) is 5.08. The average molecular weight is 445 g/mol. The van der Waals surface area contributed by atoms with Crippen LogP contribution in [0, 0.1) is 0 Å². The minimum atomic E-state index is -3.58. The normalized spacial score (nSPS) is 15.4. The summed E-state index contributed by atoms with van der Waals surface area (Å²) in [6.45, 7) is 0. The smallest absolute Gasteiger partial charge is 0.256 e. The van der Waals surface area contributed by atoms with E-state index in [4.69, 9.17) is 0 Å². The molecule has 1 aliphatic carbocycles. The summed E-state index contributed by atoms with van der Waals surface area (Å²) in [5.41, 5.74) is 1.20. The highest BCUT2D eigenvalue weighted by molar-refractivity contribution is 7.89. The number of aromatic nitrogens is 2. The molecule has 2 aromatic heterocycles. The molecule has 0 atom stereocenters. The van der Waals surface area contributed by atoms with Crippen LogP contribution in [0.3, 0.4) is 0 Å². The Labute approximate surface area is 180 Å². The van der Waals surface area contributed by atoms with Crippen molar-refractivity contribution in [2.75, 3.05) is 12.4 Å². The number of nitrogens with zero attached hydrogens (tertiary/aromatic N) is 2. The minimum Gasteiger partial charge on any atom is -0.305 e. The van der Waals surface area contributed by atoms with E-state index in [0.29, 0.717) is 11.4 Å². The van der Waals surface area contributed by atoms with Crippen LogP contribution in [0.4, 0.5) is 5.82 Å². The van der Waals surface area contributed by atoms with Gasteiger partial charge in [-0.05, 0) is 48.6 Å². The first-order chi connectivity index (χ1) is 14.4. The number of thiophene rings is 1. The number of H-pyrrole nitrogens is 1. The Hall–Kier alpha value is -2.49. The molecule has 30 heavy (non-hydrogen) atoms. The summed E-state index contributed by atoms with van der Waals surface area (Å²) >= 11 is 1.58. The lowest BCUT2D eigenvalue weighted by atomic mass is 9.96. The number of anilines is 1. The predicted octanol–water partition coefficient (Wildman–Crippen LogP) is 4.34. The fraction of sp³-hybridized carbons (Fsp3) is 0.333. The highest BCUT2D eigenvalue weighted by Crippen LogP contribution is 2.27. The van der Waals surface area contributed by atoms with Crippen molar-refractivity contribution in [1.82, 2.24) is 14.5 Å². The van der Waals surface area contributed by atoms with Crippen LogP contribution in [-0.4, -0.2) is 41.9 Å². The van der Waals surface area contributed by atoms with Gasteiger partial charge in [-0.25, -0.2) is 8.42 Å². The average Bonchev–Trinajstić information content (AvgIpc) is 3.46. The molecule has 0 radical (unpaired) electrons. The first-order valence-electron chi connectivity index (χ1n) is 9.94. The lowest BCUT2D eigenvalue weighted by Gasteiger charge is -2.30. The number of aromatic amines is 1. The van der Waals surface area contributed by atoms with Gasteiger partial charge in [0.05, 0.1) is 15.5 Å². The molecule has 0 aliphatic heterocycles. The molecular weight excluding hydrogens is 420 g/mol. The molecule has 1 aromatic carbocycles. The van der Waals surface area contributed by atoms with Crippen LogP contribution < -0.4 is 5.32 Å². The van der Waals surface area contributed by atoms with Crippen molar-refractivity contribution in [2.45, 2.75) is 43.0 Å². The van der Waals surface area contributed by atoms with E-state index in [2.05, 4.69) is 15.5 Å². The van der Waals surface area contributed by atoms with Crippen LogP contribution in [-0.2, 0) is 10.0 Å². The Morgan fingerprint density at radius 3 is 2.57 bits per heavy atom. The Bertz CT molecular complexity index is 1100. The number of rotatable bonds is 6. The molecule has 7 nitrogen and oxygen atoms in total. The summed E-state index contributed by atoms with van der Waals surface area (Å²) in [5.74, 6) is 0.0703. The highest BCUT2D eigenvalue weighted by atomic mass is 32.2. The second kappa shape index (κ2) is 8.71. The van der Waals surface area contributed by atoms with Gasteiger partial charge in [-0.3, -0.25) is 9.89 Å². The van der Waals surface area contributed by atoms with Crippen molar-refractivity contribution >= 4 is 33.1 Å². The molecule has 9 heteroatoms. The zero-order valence-corrected chi connectivity index (χ0v) is 18.3. The maximum absolute atomic E-state index is 12.9. The Balaban J connectivity index is 1.44. The molecule has 2 heterocycles. The van der Waals surface area contributed by atoms with Crippen molar-refractivity contribution in [2.24, 2.45) is 0 Å². The van der Waals surface area contributed by atoms with E-state index in [0.717, 1.165) is 36.3 Å². The minimum absolute atomic E-state index is 0.0453. The molecule has 1 amide bonds. The zero-order chi connectivity index (χ0) is 21.1. The maximum atomic E-state index is 12.9. The highest BCUT2D eigenvalue weighted by Gasteiger charge is 2.29. The van der Waals surface area contributed by atoms with Gasteiger partial charge in [0.25, 0.3) is 5.91 Å². The van der Waals surface area contributed by atoms with E-state index in [-0.39, 0.29) is 16.8 Å². The van der Waals surface area contributed by atoms with E-state index in [9.17, 15) is 13.2 Å². The van der Waals surface area contributed by atoms with Gasteiger partial charge in [0.2, 0.25) is 10.0 Å². The zero-order valence-electron chi connectivity index (χ0n) is 16.7. The molecule has 2 N–H and O–H groups in total. The topological polar surface area (TPSA) is 95.2 Å². The first-order valence-corrected chi connectivity index (χ1v) is 12.3. The number of carbonyl (C=O) groups is 1. The monoisotopic (exact) mass is 444 g/mol. The first kappa shape index (κ1) is 20.8. The van der Waals surface area contributed by atoms with E-state index < -0.39 is 10.0 Å². The summed E-state index contributed by atoms with van der Waals surface area (Å²) in [5, 5.41) is 11.7.